The van der Waals surface area contributed by atoms with E-state index in [2.05, 4.69) is 32.6 Å². The maximum absolute atomic E-state index is 2.74. The third kappa shape index (κ3) is 1.60. The van der Waals surface area contributed by atoms with Gasteiger partial charge in [0.1, 0.15) is 0 Å². The van der Waals surface area contributed by atoms with E-state index in [1.807, 2.05) is 0 Å². The first-order valence-corrected chi connectivity index (χ1v) is 6.16. The molecule has 0 aromatic rings. The van der Waals surface area contributed by atoms with Gasteiger partial charge in [0.15, 0.2) is 0 Å². The first-order valence-electron chi connectivity index (χ1n) is 6.16. The Hall–Kier alpha value is -0.0400. The maximum Gasteiger partial charge on any atom is 0.00955 e. The Kier molecular flexibility index (Phi) is 2.42. The number of rotatable bonds is 1. The molecule has 0 aromatic heterocycles. The highest BCUT2D eigenvalue weighted by atomic mass is 15.2. The van der Waals surface area contributed by atoms with Gasteiger partial charge < -0.3 is 0 Å². The molecule has 14 heavy (non-hydrogen) atoms. The minimum Gasteiger partial charge on any atom is -0.300 e. The van der Waals surface area contributed by atoms with Gasteiger partial charge >= 0.3 is 0 Å². The fourth-order valence-corrected chi connectivity index (χ4v) is 2.67. The lowest BCUT2D eigenvalue weighted by Gasteiger charge is -2.41. The van der Waals surface area contributed by atoms with E-state index in [1.54, 1.807) is 0 Å². The second-order valence-corrected chi connectivity index (χ2v) is 6.62. The van der Waals surface area contributed by atoms with E-state index in [-0.39, 0.29) is 0 Å². The molecule has 0 radical (unpaired) electrons. The summed E-state index contributed by atoms with van der Waals surface area (Å²) in [6, 6.07) is 0.944. The van der Waals surface area contributed by atoms with E-state index in [9.17, 15) is 0 Å². The molecule has 1 heteroatoms. The van der Waals surface area contributed by atoms with Crippen molar-refractivity contribution in [2.75, 3.05) is 13.1 Å². The van der Waals surface area contributed by atoms with Crippen LogP contribution in [-0.2, 0) is 0 Å². The normalized spacial score (nSPS) is 36.0. The maximum atomic E-state index is 2.74. The van der Waals surface area contributed by atoms with E-state index in [0.717, 1.165) is 6.04 Å². The van der Waals surface area contributed by atoms with Crippen molar-refractivity contribution in [1.29, 1.82) is 0 Å². The van der Waals surface area contributed by atoms with E-state index in [1.165, 1.54) is 38.8 Å². The minimum absolute atomic E-state index is 0.464. The summed E-state index contributed by atoms with van der Waals surface area (Å²) in [6.45, 7) is 12.4. The lowest BCUT2D eigenvalue weighted by Crippen LogP contribution is -2.42. The summed E-state index contributed by atoms with van der Waals surface area (Å²) in [5.74, 6) is 0. The number of hydrogen-bond donors (Lipinski definition) is 0. The Morgan fingerprint density at radius 1 is 1.21 bits per heavy atom. The molecule has 1 atom stereocenters. The first-order chi connectivity index (χ1) is 6.42. The van der Waals surface area contributed by atoms with E-state index in [4.69, 9.17) is 0 Å². The fourth-order valence-electron chi connectivity index (χ4n) is 2.67. The fraction of sp³-hybridized carbons (Fsp3) is 1.00. The molecular weight excluding hydrogens is 170 g/mol. The van der Waals surface area contributed by atoms with Crippen molar-refractivity contribution in [2.45, 2.75) is 59.4 Å². The zero-order chi connectivity index (χ0) is 10.4. The van der Waals surface area contributed by atoms with Crippen LogP contribution >= 0.6 is 0 Å². The van der Waals surface area contributed by atoms with Crippen LogP contribution in [0.4, 0.5) is 0 Å². The summed E-state index contributed by atoms with van der Waals surface area (Å²) in [7, 11) is 0. The van der Waals surface area contributed by atoms with Crippen molar-refractivity contribution >= 4 is 0 Å². The zero-order valence-electron chi connectivity index (χ0n) is 10.3. The first kappa shape index (κ1) is 10.5. The average molecular weight is 195 g/mol. The predicted molar refractivity (Wildman–Crippen MR) is 61.4 cm³/mol. The largest absolute Gasteiger partial charge is 0.300 e. The van der Waals surface area contributed by atoms with Crippen LogP contribution in [0.2, 0.25) is 0 Å². The Morgan fingerprint density at radius 3 is 2.21 bits per heavy atom. The third-order valence-electron chi connectivity index (χ3n) is 4.90. The van der Waals surface area contributed by atoms with Gasteiger partial charge in [0.25, 0.3) is 0 Å². The van der Waals surface area contributed by atoms with Crippen LogP contribution in [0.1, 0.15) is 53.4 Å². The molecule has 0 amide bonds. The van der Waals surface area contributed by atoms with Gasteiger partial charge in [-0.05, 0) is 36.6 Å². The third-order valence-corrected chi connectivity index (χ3v) is 4.90. The van der Waals surface area contributed by atoms with Crippen molar-refractivity contribution in [3.8, 4) is 0 Å². The molecular formula is C13H25N. The Balaban J connectivity index is 1.99. The van der Waals surface area contributed by atoms with Crippen molar-refractivity contribution in [3.05, 3.63) is 0 Å². The quantitative estimate of drug-likeness (QED) is 0.620. The highest BCUT2D eigenvalue weighted by molar-refractivity contribution is 4.97. The van der Waals surface area contributed by atoms with Crippen LogP contribution in [0.5, 0.6) is 0 Å². The average Bonchev–Trinajstić information content (AvgIpc) is 2.28. The van der Waals surface area contributed by atoms with Crippen molar-refractivity contribution in [1.82, 2.24) is 4.90 Å². The molecule has 2 fully saturated rings. The monoisotopic (exact) mass is 195 g/mol. The van der Waals surface area contributed by atoms with Crippen LogP contribution in [0.15, 0.2) is 0 Å². The molecule has 1 saturated carbocycles. The smallest absolute Gasteiger partial charge is 0.00955 e. The number of nitrogens with zero attached hydrogens (tertiary/aromatic N) is 1. The predicted octanol–water partition coefficient (Wildman–Crippen LogP) is 3.30. The highest BCUT2D eigenvalue weighted by Crippen LogP contribution is 2.47. The highest BCUT2D eigenvalue weighted by Gasteiger charge is 2.45. The summed E-state index contributed by atoms with van der Waals surface area (Å²) in [5, 5.41) is 0. The molecule has 0 spiro atoms. The van der Waals surface area contributed by atoms with Gasteiger partial charge in [0.05, 0.1) is 0 Å². The van der Waals surface area contributed by atoms with Crippen molar-refractivity contribution in [3.63, 3.8) is 0 Å². The van der Waals surface area contributed by atoms with Gasteiger partial charge in [0, 0.05) is 12.6 Å². The summed E-state index contributed by atoms with van der Waals surface area (Å²) in [6.07, 6.45) is 5.78. The number of hydrogen-bond acceptors (Lipinski definition) is 1. The number of likely N-dealkylation sites (tertiary alicyclic amines) is 1. The molecule has 0 N–H and O–H groups in total. The lowest BCUT2D eigenvalue weighted by molar-refractivity contribution is 0.0858. The van der Waals surface area contributed by atoms with Gasteiger partial charge in [-0.2, -0.15) is 0 Å². The molecule has 1 aliphatic carbocycles. The topological polar surface area (TPSA) is 3.24 Å². The Morgan fingerprint density at radius 2 is 1.86 bits per heavy atom. The molecule has 1 unspecified atom stereocenters. The minimum atomic E-state index is 0.464. The molecule has 2 aliphatic rings. The standard InChI is InChI=1S/C13H25N/c1-12(2,3)13(4)8-9-14(10-13)11-6-5-7-11/h11H,5-10H2,1-4H3. The van der Waals surface area contributed by atoms with Gasteiger partial charge in [-0.1, -0.05) is 34.1 Å². The van der Waals surface area contributed by atoms with Crippen LogP contribution in [-0.4, -0.2) is 24.0 Å². The summed E-state index contributed by atoms with van der Waals surface area (Å²) >= 11 is 0. The molecule has 82 valence electrons. The van der Waals surface area contributed by atoms with E-state index >= 15 is 0 Å². The summed E-state index contributed by atoms with van der Waals surface area (Å²) < 4.78 is 0. The van der Waals surface area contributed by atoms with Gasteiger partial charge in [-0.25, -0.2) is 0 Å². The van der Waals surface area contributed by atoms with E-state index < -0.39 is 0 Å². The molecule has 1 aliphatic heterocycles. The van der Waals surface area contributed by atoms with Gasteiger partial charge in [-0.15, -0.1) is 0 Å². The van der Waals surface area contributed by atoms with Crippen LogP contribution in [0, 0.1) is 10.8 Å². The van der Waals surface area contributed by atoms with Crippen LogP contribution in [0.25, 0.3) is 0 Å². The lowest BCUT2D eigenvalue weighted by atomic mass is 9.67. The zero-order valence-corrected chi connectivity index (χ0v) is 10.3. The second kappa shape index (κ2) is 3.23. The van der Waals surface area contributed by atoms with Crippen LogP contribution < -0.4 is 0 Å². The molecule has 1 heterocycles. The van der Waals surface area contributed by atoms with Gasteiger partial charge in [0.2, 0.25) is 0 Å². The summed E-state index contributed by atoms with van der Waals surface area (Å²) in [4.78, 5) is 2.74. The van der Waals surface area contributed by atoms with Gasteiger partial charge in [-0.3, -0.25) is 4.90 Å². The summed E-state index contributed by atoms with van der Waals surface area (Å²) in [5.41, 5.74) is 1.01. The van der Waals surface area contributed by atoms with Crippen molar-refractivity contribution < 1.29 is 0 Å². The van der Waals surface area contributed by atoms with Crippen molar-refractivity contribution in [2.24, 2.45) is 10.8 Å². The second-order valence-electron chi connectivity index (χ2n) is 6.62. The molecule has 1 nitrogen and oxygen atoms in total. The Bertz CT molecular complexity index is 212. The van der Waals surface area contributed by atoms with Crippen LogP contribution in [0.3, 0.4) is 0 Å². The Labute approximate surface area is 88.9 Å². The molecule has 1 saturated heterocycles. The van der Waals surface area contributed by atoms with E-state index in [0.29, 0.717) is 10.8 Å². The molecule has 0 aromatic carbocycles. The molecule has 2 rings (SSSR count). The molecule has 0 bridgehead atoms. The SMILES string of the molecule is CC(C)(C)C1(C)CCN(C2CCC2)C1.